The van der Waals surface area contributed by atoms with Gasteiger partial charge < -0.3 is 15.1 Å². The highest BCUT2D eigenvalue weighted by Gasteiger charge is 2.53. The average molecular weight is 427 g/mol. The molecule has 1 aromatic carbocycles. The Labute approximate surface area is 184 Å². The normalized spacial score (nSPS) is 27.3. The van der Waals surface area contributed by atoms with Crippen molar-refractivity contribution in [1.82, 2.24) is 20.2 Å². The summed E-state index contributed by atoms with van der Waals surface area (Å²) in [6, 6.07) is 9.62. The van der Waals surface area contributed by atoms with Gasteiger partial charge in [0.15, 0.2) is 0 Å². The largest absolute Gasteiger partial charge is 0.352 e. The van der Waals surface area contributed by atoms with Crippen molar-refractivity contribution in [2.75, 3.05) is 26.2 Å². The van der Waals surface area contributed by atoms with Crippen molar-refractivity contribution in [3.05, 3.63) is 35.9 Å². The Balaban J connectivity index is 1.09. The van der Waals surface area contributed by atoms with E-state index in [0.29, 0.717) is 25.0 Å². The highest BCUT2D eigenvalue weighted by atomic mass is 16.7. The molecule has 7 nitrogen and oxygen atoms in total. The van der Waals surface area contributed by atoms with Crippen molar-refractivity contribution >= 4 is 11.9 Å². The van der Waals surface area contributed by atoms with Crippen LogP contribution in [0.25, 0.3) is 0 Å². The lowest BCUT2D eigenvalue weighted by Crippen LogP contribution is -2.67. The lowest BCUT2D eigenvalue weighted by molar-refractivity contribution is -0.140. The summed E-state index contributed by atoms with van der Waals surface area (Å²) in [7, 11) is 0. The van der Waals surface area contributed by atoms with Crippen molar-refractivity contribution < 1.29 is 14.4 Å². The fraction of sp³-hybridized carbons (Fsp3) is 0.667. The van der Waals surface area contributed by atoms with E-state index in [0.717, 1.165) is 24.8 Å². The number of piperidine rings is 1. The van der Waals surface area contributed by atoms with Crippen LogP contribution in [0.15, 0.2) is 30.3 Å². The molecule has 1 aliphatic carbocycles. The molecule has 168 valence electrons. The van der Waals surface area contributed by atoms with Gasteiger partial charge in [0.25, 0.3) is 0 Å². The maximum atomic E-state index is 13.0. The predicted octanol–water partition coefficient (Wildman–Crippen LogP) is 2.77. The fourth-order valence-corrected chi connectivity index (χ4v) is 5.87. The minimum Gasteiger partial charge on any atom is -0.352 e. The van der Waals surface area contributed by atoms with Gasteiger partial charge >= 0.3 is 6.03 Å². The monoisotopic (exact) mass is 426 g/mol. The highest BCUT2D eigenvalue weighted by Crippen LogP contribution is 2.48. The van der Waals surface area contributed by atoms with Gasteiger partial charge in [0.05, 0.1) is 6.04 Å². The number of rotatable bonds is 8. The molecule has 31 heavy (non-hydrogen) atoms. The van der Waals surface area contributed by atoms with E-state index in [2.05, 4.69) is 17.1 Å². The summed E-state index contributed by atoms with van der Waals surface area (Å²) in [5, 5.41) is 4.73. The van der Waals surface area contributed by atoms with E-state index in [4.69, 9.17) is 4.84 Å². The Kier molecular flexibility index (Phi) is 5.65. The SMILES string of the molecule is CCCCN1CC2(CC(NC(=O)C3CC[C@@H]4CN3C(=O)N4OCc3ccccc3)C2)C1. The minimum atomic E-state index is -0.368. The quantitative estimate of drug-likeness (QED) is 0.694. The number of likely N-dealkylation sites (tertiary alicyclic amines) is 1. The Bertz CT molecular complexity index is 802. The van der Waals surface area contributed by atoms with Crippen LogP contribution >= 0.6 is 0 Å². The molecule has 1 N–H and O–H groups in total. The van der Waals surface area contributed by atoms with E-state index in [1.807, 2.05) is 30.3 Å². The van der Waals surface area contributed by atoms with Crippen molar-refractivity contribution in [1.29, 1.82) is 0 Å². The summed E-state index contributed by atoms with van der Waals surface area (Å²) in [6.45, 7) is 6.75. The summed E-state index contributed by atoms with van der Waals surface area (Å²) in [4.78, 5) is 36.0. The molecule has 4 fully saturated rings. The Morgan fingerprint density at radius 1 is 1.19 bits per heavy atom. The molecule has 3 heterocycles. The number of hydrogen-bond donors (Lipinski definition) is 1. The van der Waals surface area contributed by atoms with Crippen LogP contribution in [0.4, 0.5) is 4.79 Å². The first-order valence-corrected chi connectivity index (χ1v) is 11.9. The molecule has 2 bridgehead atoms. The van der Waals surface area contributed by atoms with Crippen molar-refractivity contribution in [3.8, 4) is 0 Å². The molecular weight excluding hydrogens is 392 g/mol. The average Bonchev–Trinajstić information content (AvgIpc) is 2.97. The second-order valence-corrected chi connectivity index (χ2v) is 9.94. The number of nitrogens with one attached hydrogen (secondary N) is 1. The van der Waals surface area contributed by atoms with E-state index in [9.17, 15) is 9.59 Å². The van der Waals surface area contributed by atoms with E-state index in [1.54, 1.807) is 4.90 Å². The van der Waals surface area contributed by atoms with Gasteiger partial charge in [-0.25, -0.2) is 4.79 Å². The minimum absolute atomic E-state index is 0.0127. The molecule has 1 saturated carbocycles. The molecule has 3 amide bonds. The third kappa shape index (κ3) is 4.05. The molecule has 2 atom stereocenters. The number of carbonyl (C=O) groups is 2. The number of benzene rings is 1. The van der Waals surface area contributed by atoms with E-state index in [1.165, 1.54) is 37.5 Å². The molecule has 3 aliphatic heterocycles. The van der Waals surface area contributed by atoms with Gasteiger partial charge in [0, 0.05) is 25.7 Å². The topological polar surface area (TPSA) is 65.1 Å². The zero-order chi connectivity index (χ0) is 21.4. The van der Waals surface area contributed by atoms with Crippen LogP contribution in [0.5, 0.6) is 0 Å². The van der Waals surface area contributed by atoms with Crippen LogP contribution < -0.4 is 5.32 Å². The first kappa shape index (κ1) is 20.8. The van der Waals surface area contributed by atoms with Crippen LogP contribution in [-0.2, 0) is 16.2 Å². The van der Waals surface area contributed by atoms with Crippen molar-refractivity contribution in [3.63, 3.8) is 0 Å². The maximum Gasteiger partial charge on any atom is 0.345 e. The predicted molar refractivity (Wildman–Crippen MR) is 117 cm³/mol. The number of nitrogens with zero attached hydrogens (tertiary/aromatic N) is 3. The third-order valence-electron chi connectivity index (χ3n) is 7.49. The van der Waals surface area contributed by atoms with Crippen LogP contribution in [0.3, 0.4) is 0 Å². The molecule has 3 saturated heterocycles. The lowest BCUT2D eigenvalue weighted by Gasteiger charge is -2.59. The number of urea groups is 1. The highest BCUT2D eigenvalue weighted by molar-refractivity contribution is 5.88. The van der Waals surface area contributed by atoms with Crippen molar-refractivity contribution in [2.24, 2.45) is 5.41 Å². The molecule has 4 aliphatic rings. The molecule has 1 unspecified atom stereocenters. The fourth-order valence-electron chi connectivity index (χ4n) is 5.87. The standard InChI is InChI=1S/C24H34N4O3/c1-2-3-11-26-16-24(17-26)12-19(13-24)25-22(29)21-10-9-20-14-27(21)23(30)28(20)31-15-18-7-5-4-6-8-18/h4-8,19-21H,2-3,9-17H2,1H3,(H,25,29)/t20-,21?/m1/s1. The summed E-state index contributed by atoms with van der Waals surface area (Å²) in [6.07, 6.45) is 6.18. The molecule has 1 spiro atoms. The van der Waals surface area contributed by atoms with Crippen molar-refractivity contribution in [2.45, 2.75) is 70.2 Å². The molecule has 0 aromatic heterocycles. The number of hydrogen-bond acceptors (Lipinski definition) is 4. The molecular formula is C24H34N4O3. The van der Waals surface area contributed by atoms with Crippen LogP contribution in [0.2, 0.25) is 0 Å². The summed E-state index contributed by atoms with van der Waals surface area (Å²) in [5.41, 5.74) is 1.47. The van der Waals surface area contributed by atoms with E-state index >= 15 is 0 Å². The first-order chi connectivity index (χ1) is 15.1. The van der Waals surface area contributed by atoms with Gasteiger partial charge in [-0.2, -0.15) is 5.06 Å². The summed E-state index contributed by atoms with van der Waals surface area (Å²) >= 11 is 0. The molecule has 5 rings (SSSR count). The number of hydroxylamine groups is 2. The second-order valence-electron chi connectivity index (χ2n) is 9.94. The summed E-state index contributed by atoms with van der Waals surface area (Å²) in [5.74, 6) is 0.0127. The molecule has 1 aromatic rings. The summed E-state index contributed by atoms with van der Waals surface area (Å²) < 4.78 is 0. The number of amides is 3. The Morgan fingerprint density at radius 3 is 2.71 bits per heavy atom. The second kappa shape index (κ2) is 8.43. The van der Waals surface area contributed by atoms with Crippen LogP contribution in [-0.4, -0.2) is 71.1 Å². The van der Waals surface area contributed by atoms with E-state index in [-0.39, 0.29) is 30.1 Å². The number of carbonyl (C=O) groups excluding carboxylic acids is 2. The van der Waals surface area contributed by atoms with Gasteiger partial charge in [-0.1, -0.05) is 43.7 Å². The first-order valence-electron chi connectivity index (χ1n) is 11.9. The number of unbranched alkanes of at least 4 members (excludes halogenated alkanes) is 1. The van der Waals surface area contributed by atoms with Crippen LogP contribution in [0.1, 0.15) is 51.0 Å². The van der Waals surface area contributed by atoms with E-state index < -0.39 is 0 Å². The van der Waals surface area contributed by atoms with Gasteiger partial charge in [-0.3, -0.25) is 9.63 Å². The van der Waals surface area contributed by atoms with Gasteiger partial charge in [-0.05, 0) is 49.6 Å². The van der Waals surface area contributed by atoms with Gasteiger partial charge in [0.2, 0.25) is 5.91 Å². The molecule has 7 heteroatoms. The maximum absolute atomic E-state index is 13.0. The Hall–Kier alpha value is -2.12. The Morgan fingerprint density at radius 2 is 1.97 bits per heavy atom. The van der Waals surface area contributed by atoms with Crippen LogP contribution in [0, 0.1) is 5.41 Å². The molecule has 0 radical (unpaired) electrons. The zero-order valence-corrected chi connectivity index (χ0v) is 18.5. The third-order valence-corrected chi connectivity index (χ3v) is 7.49. The van der Waals surface area contributed by atoms with Gasteiger partial charge in [0.1, 0.15) is 12.6 Å². The van der Waals surface area contributed by atoms with Gasteiger partial charge in [-0.15, -0.1) is 0 Å². The zero-order valence-electron chi connectivity index (χ0n) is 18.5. The number of fused-ring (bicyclic) bond motifs is 2. The smallest absolute Gasteiger partial charge is 0.345 e. The lowest BCUT2D eigenvalue weighted by atomic mass is 9.60.